The SMILES string of the molecule is CCc1nc(C(=O)N2CCCC2C(=O)O)nn1-c1ccccc1. The number of hydrogen-bond acceptors (Lipinski definition) is 4. The number of para-hydroxylation sites is 1. The number of carbonyl (C=O) groups is 2. The molecule has 2 aromatic rings. The highest BCUT2D eigenvalue weighted by molar-refractivity contribution is 5.93. The maximum atomic E-state index is 12.6. The van der Waals surface area contributed by atoms with E-state index in [9.17, 15) is 14.7 Å². The lowest BCUT2D eigenvalue weighted by atomic mass is 10.2. The zero-order valence-corrected chi connectivity index (χ0v) is 12.8. The van der Waals surface area contributed by atoms with Crippen molar-refractivity contribution >= 4 is 11.9 Å². The van der Waals surface area contributed by atoms with Gasteiger partial charge in [-0.15, -0.1) is 5.10 Å². The fourth-order valence-corrected chi connectivity index (χ4v) is 2.83. The molecule has 7 nitrogen and oxygen atoms in total. The molecule has 1 amide bonds. The lowest BCUT2D eigenvalue weighted by Gasteiger charge is -2.19. The summed E-state index contributed by atoms with van der Waals surface area (Å²) in [5.41, 5.74) is 0.826. The van der Waals surface area contributed by atoms with Crippen LogP contribution in [0.25, 0.3) is 5.69 Å². The molecule has 0 radical (unpaired) electrons. The molecule has 1 aliphatic heterocycles. The van der Waals surface area contributed by atoms with Gasteiger partial charge in [-0.2, -0.15) is 0 Å². The van der Waals surface area contributed by atoms with Crippen LogP contribution in [0.3, 0.4) is 0 Å². The first-order valence-corrected chi connectivity index (χ1v) is 7.67. The molecule has 1 fully saturated rings. The monoisotopic (exact) mass is 314 g/mol. The first kappa shape index (κ1) is 15.2. The Hall–Kier alpha value is -2.70. The average Bonchev–Trinajstić information content (AvgIpc) is 3.22. The van der Waals surface area contributed by atoms with Crippen molar-refractivity contribution in [3.8, 4) is 5.69 Å². The fourth-order valence-electron chi connectivity index (χ4n) is 2.83. The molecule has 23 heavy (non-hydrogen) atoms. The second-order valence-electron chi connectivity index (χ2n) is 5.45. The number of benzene rings is 1. The second-order valence-corrected chi connectivity index (χ2v) is 5.45. The summed E-state index contributed by atoms with van der Waals surface area (Å²) < 4.78 is 1.64. The van der Waals surface area contributed by atoms with Crippen LogP contribution in [-0.2, 0) is 11.2 Å². The summed E-state index contributed by atoms with van der Waals surface area (Å²) in [7, 11) is 0. The number of aromatic nitrogens is 3. The summed E-state index contributed by atoms with van der Waals surface area (Å²) in [4.78, 5) is 29.5. The smallest absolute Gasteiger partial charge is 0.326 e. The molecule has 1 aliphatic rings. The van der Waals surface area contributed by atoms with E-state index < -0.39 is 17.9 Å². The fraction of sp³-hybridized carbons (Fsp3) is 0.375. The summed E-state index contributed by atoms with van der Waals surface area (Å²) in [6.07, 6.45) is 1.78. The van der Waals surface area contributed by atoms with Crippen molar-refractivity contribution in [2.75, 3.05) is 6.54 Å². The molecule has 7 heteroatoms. The predicted octanol–water partition coefficient (Wildman–Crippen LogP) is 1.52. The molecule has 0 saturated carbocycles. The van der Waals surface area contributed by atoms with Crippen molar-refractivity contribution in [2.45, 2.75) is 32.2 Å². The van der Waals surface area contributed by atoms with Gasteiger partial charge in [-0.05, 0) is 25.0 Å². The second kappa shape index (κ2) is 6.20. The third-order valence-corrected chi connectivity index (χ3v) is 3.98. The number of aliphatic carboxylic acids is 1. The van der Waals surface area contributed by atoms with E-state index in [4.69, 9.17) is 0 Å². The minimum atomic E-state index is -0.978. The summed E-state index contributed by atoms with van der Waals surface area (Å²) >= 11 is 0. The summed E-state index contributed by atoms with van der Waals surface area (Å²) in [5, 5.41) is 13.5. The molecular weight excluding hydrogens is 296 g/mol. The van der Waals surface area contributed by atoms with Crippen LogP contribution >= 0.6 is 0 Å². The number of carbonyl (C=O) groups excluding carboxylic acids is 1. The van der Waals surface area contributed by atoms with Crippen LogP contribution in [0.1, 0.15) is 36.2 Å². The van der Waals surface area contributed by atoms with Crippen LogP contribution in [0.5, 0.6) is 0 Å². The molecule has 3 rings (SSSR count). The molecule has 0 bridgehead atoms. The number of amides is 1. The minimum absolute atomic E-state index is 0.0545. The minimum Gasteiger partial charge on any atom is -0.480 e. The zero-order valence-electron chi connectivity index (χ0n) is 12.8. The van der Waals surface area contributed by atoms with Gasteiger partial charge in [0.15, 0.2) is 0 Å². The van der Waals surface area contributed by atoms with Crippen molar-refractivity contribution in [1.82, 2.24) is 19.7 Å². The van der Waals surface area contributed by atoms with Gasteiger partial charge in [0.1, 0.15) is 11.9 Å². The molecular formula is C16H18N4O3. The number of hydrogen-bond donors (Lipinski definition) is 1. The number of carboxylic acid groups (broad SMARTS) is 1. The number of likely N-dealkylation sites (tertiary alicyclic amines) is 1. The topological polar surface area (TPSA) is 88.3 Å². The van der Waals surface area contributed by atoms with Crippen molar-refractivity contribution in [1.29, 1.82) is 0 Å². The Kier molecular flexibility index (Phi) is 4.10. The van der Waals surface area contributed by atoms with E-state index >= 15 is 0 Å². The summed E-state index contributed by atoms with van der Waals surface area (Å²) in [5.74, 6) is -0.669. The highest BCUT2D eigenvalue weighted by Gasteiger charge is 2.36. The summed E-state index contributed by atoms with van der Waals surface area (Å²) in [6, 6.07) is 8.67. The van der Waals surface area contributed by atoms with Crippen LogP contribution in [0, 0.1) is 0 Å². The Morgan fingerprint density at radius 1 is 1.30 bits per heavy atom. The number of nitrogens with zero attached hydrogens (tertiary/aromatic N) is 4. The molecule has 0 spiro atoms. The highest BCUT2D eigenvalue weighted by Crippen LogP contribution is 2.20. The van der Waals surface area contributed by atoms with Crippen LogP contribution < -0.4 is 0 Å². The Morgan fingerprint density at radius 2 is 2.04 bits per heavy atom. The lowest BCUT2D eigenvalue weighted by molar-refractivity contribution is -0.141. The lowest BCUT2D eigenvalue weighted by Crippen LogP contribution is -2.40. The third kappa shape index (κ3) is 2.81. The van der Waals surface area contributed by atoms with Crippen LogP contribution in [-0.4, -0.2) is 49.2 Å². The van der Waals surface area contributed by atoms with Gasteiger partial charge in [-0.1, -0.05) is 25.1 Å². The van der Waals surface area contributed by atoms with Crippen molar-refractivity contribution in [3.05, 3.63) is 42.0 Å². The quantitative estimate of drug-likeness (QED) is 0.924. The first-order chi connectivity index (χ1) is 11.1. The molecule has 1 unspecified atom stereocenters. The van der Waals surface area contributed by atoms with Crippen molar-refractivity contribution < 1.29 is 14.7 Å². The molecule has 2 heterocycles. The molecule has 1 aromatic carbocycles. The summed E-state index contributed by atoms with van der Waals surface area (Å²) in [6.45, 7) is 2.37. The van der Waals surface area contributed by atoms with E-state index in [-0.39, 0.29) is 5.82 Å². The van der Waals surface area contributed by atoms with Crippen molar-refractivity contribution in [2.24, 2.45) is 0 Å². The predicted molar refractivity (Wildman–Crippen MR) is 82.4 cm³/mol. The number of aryl methyl sites for hydroxylation is 1. The van der Waals surface area contributed by atoms with Gasteiger partial charge in [0.25, 0.3) is 5.91 Å². The van der Waals surface area contributed by atoms with Gasteiger partial charge >= 0.3 is 5.97 Å². The van der Waals surface area contributed by atoms with E-state index in [0.717, 1.165) is 5.69 Å². The normalized spacial score (nSPS) is 17.4. The van der Waals surface area contributed by atoms with Gasteiger partial charge < -0.3 is 10.0 Å². The molecule has 1 aromatic heterocycles. The third-order valence-electron chi connectivity index (χ3n) is 3.98. The van der Waals surface area contributed by atoms with E-state index in [1.807, 2.05) is 37.3 Å². The number of rotatable bonds is 4. The van der Waals surface area contributed by atoms with Crippen LogP contribution in [0.2, 0.25) is 0 Å². The molecule has 0 aliphatic carbocycles. The standard InChI is InChI=1S/C16H18N4O3/c1-2-13-17-14(18-20(13)11-7-4-3-5-8-11)15(21)19-10-6-9-12(19)16(22)23/h3-5,7-8,12H,2,6,9-10H2,1H3,(H,22,23). The van der Waals surface area contributed by atoms with Gasteiger partial charge in [0.2, 0.25) is 5.82 Å². The van der Waals surface area contributed by atoms with E-state index in [2.05, 4.69) is 10.1 Å². The Balaban J connectivity index is 1.93. The largest absolute Gasteiger partial charge is 0.480 e. The van der Waals surface area contributed by atoms with Crippen molar-refractivity contribution in [3.63, 3.8) is 0 Å². The zero-order chi connectivity index (χ0) is 16.4. The molecule has 1 saturated heterocycles. The van der Waals surface area contributed by atoms with Crippen LogP contribution in [0.15, 0.2) is 30.3 Å². The number of carboxylic acids is 1. The highest BCUT2D eigenvalue weighted by atomic mass is 16.4. The Labute approximate surface area is 133 Å². The average molecular weight is 314 g/mol. The molecule has 1 N–H and O–H groups in total. The van der Waals surface area contributed by atoms with E-state index in [1.54, 1.807) is 4.68 Å². The van der Waals surface area contributed by atoms with Gasteiger partial charge in [-0.3, -0.25) is 4.79 Å². The first-order valence-electron chi connectivity index (χ1n) is 7.67. The Bertz CT molecular complexity index is 726. The molecule has 120 valence electrons. The maximum absolute atomic E-state index is 12.6. The van der Waals surface area contributed by atoms with E-state index in [0.29, 0.717) is 31.6 Å². The van der Waals surface area contributed by atoms with Crippen LogP contribution in [0.4, 0.5) is 0 Å². The maximum Gasteiger partial charge on any atom is 0.326 e. The van der Waals surface area contributed by atoms with Gasteiger partial charge in [-0.25, -0.2) is 14.5 Å². The molecule has 1 atom stereocenters. The Morgan fingerprint density at radius 3 is 2.70 bits per heavy atom. The van der Waals surface area contributed by atoms with Gasteiger partial charge in [0, 0.05) is 13.0 Å². The van der Waals surface area contributed by atoms with Gasteiger partial charge in [0.05, 0.1) is 5.69 Å². The van der Waals surface area contributed by atoms with E-state index in [1.165, 1.54) is 4.90 Å².